The van der Waals surface area contributed by atoms with Gasteiger partial charge in [-0.25, -0.2) is 13.4 Å². The van der Waals surface area contributed by atoms with Crippen LogP contribution in [0.1, 0.15) is 33.1 Å². The molecular formula is C28H34F3N7O4S. The molecule has 1 heterocycles. The fourth-order valence-electron chi connectivity index (χ4n) is 4.72. The van der Waals surface area contributed by atoms with Gasteiger partial charge in [-0.05, 0) is 49.8 Å². The fraction of sp³-hybridized carbons (Fsp3) is 0.393. The van der Waals surface area contributed by atoms with Crippen LogP contribution in [0.3, 0.4) is 0 Å². The van der Waals surface area contributed by atoms with E-state index in [-0.39, 0.29) is 23.4 Å². The van der Waals surface area contributed by atoms with Crippen LogP contribution in [-0.4, -0.2) is 81.7 Å². The number of amides is 1. The molecule has 0 fully saturated rings. The van der Waals surface area contributed by atoms with Crippen LogP contribution in [0.15, 0.2) is 48.7 Å². The van der Waals surface area contributed by atoms with Crippen LogP contribution < -0.4 is 26.0 Å². The molecule has 1 aliphatic rings. The summed E-state index contributed by atoms with van der Waals surface area (Å²) in [5.41, 5.74) is 1.15. The number of hydrogen-bond donors (Lipinski definition) is 4. The first-order valence-corrected chi connectivity index (χ1v) is 15.4. The number of fused-ring (bicyclic) bond motifs is 1. The maximum absolute atomic E-state index is 14.1. The summed E-state index contributed by atoms with van der Waals surface area (Å²) in [5.74, 6) is -1.03. The van der Waals surface area contributed by atoms with Crippen molar-refractivity contribution in [3.05, 3.63) is 70.9 Å². The normalized spacial score (nSPS) is 16.6. The van der Waals surface area contributed by atoms with Crippen molar-refractivity contribution < 1.29 is 31.1 Å². The number of hydrogen-bond acceptors (Lipinski definition) is 10. The number of likely N-dealkylation sites (N-methyl/N-ethyl adjacent to an activating group) is 1. The lowest BCUT2D eigenvalue weighted by Gasteiger charge is -2.25. The molecule has 0 radical (unpaired) electrons. The highest BCUT2D eigenvalue weighted by molar-refractivity contribution is 7.90. The number of benzene rings is 2. The van der Waals surface area contributed by atoms with Crippen molar-refractivity contribution in [2.75, 3.05) is 57.1 Å². The van der Waals surface area contributed by atoms with Gasteiger partial charge < -0.3 is 25.6 Å². The summed E-state index contributed by atoms with van der Waals surface area (Å²) in [6.45, 7) is 1.06. The van der Waals surface area contributed by atoms with E-state index < -0.39 is 39.5 Å². The molecule has 0 unspecified atom stereocenters. The molecule has 2 aromatic carbocycles. The largest absolute Gasteiger partial charge is 0.495 e. The topological polar surface area (TPSA) is 138 Å². The number of anilines is 3. The highest BCUT2D eigenvalue weighted by atomic mass is 32.2. The van der Waals surface area contributed by atoms with Gasteiger partial charge in [0.05, 0.1) is 30.8 Å². The summed E-state index contributed by atoms with van der Waals surface area (Å²) in [5, 5.41) is 11.5. The molecule has 0 aliphatic heterocycles. The second-order valence-corrected chi connectivity index (χ2v) is 12.6. The number of aromatic nitrogens is 2. The molecule has 11 nitrogen and oxygen atoms in total. The number of halogens is 3. The van der Waals surface area contributed by atoms with E-state index in [4.69, 9.17) is 4.74 Å². The third-order valence-electron chi connectivity index (χ3n) is 6.77. The molecule has 0 saturated heterocycles. The zero-order valence-electron chi connectivity index (χ0n) is 24.1. The summed E-state index contributed by atoms with van der Waals surface area (Å²) in [6.07, 6.45) is -2.70. The highest BCUT2D eigenvalue weighted by Crippen LogP contribution is 2.38. The van der Waals surface area contributed by atoms with Gasteiger partial charge in [0, 0.05) is 31.1 Å². The van der Waals surface area contributed by atoms with Gasteiger partial charge in [-0.2, -0.15) is 18.2 Å². The Kier molecular flexibility index (Phi) is 9.77. The lowest BCUT2D eigenvalue weighted by atomic mass is 10.1. The van der Waals surface area contributed by atoms with Gasteiger partial charge >= 0.3 is 6.18 Å². The predicted octanol–water partition coefficient (Wildman–Crippen LogP) is 3.21. The van der Waals surface area contributed by atoms with Gasteiger partial charge in [0.25, 0.3) is 5.91 Å². The highest BCUT2D eigenvalue weighted by Gasteiger charge is 2.38. The summed E-state index contributed by atoms with van der Waals surface area (Å²) in [4.78, 5) is 22.6. The lowest BCUT2D eigenvalue weighted by Crippen LogP contribution is -2.37. The van der Waals surface area contributed by atoms with Crippen molar-refractivity contribution in [3.8, 4) is 5.75 Å². The van der Waals surface area contributed by atoms with Crippen molar-refractivity contribution in [3.63, 3.8) is 0 Å². The maximum atomic E-state index is 14.1. The molecule has 0 saturated carbocycles. The maximum Gasteiger partial charge on any atom is 0.421 e. The summed E-state index contributed by atoms with van der Waals surface area (Å²) in [7, 11) is 1.77. The van der Waals surface area contributed by atoms with E-state index in [2.05, 4.69) is 31.2 Å². The molecule has 1 aromatic heterocycles. The van der Waals surface area contributed by atoms with E-state index in [0.717, 1.165) is 17.4 Å². The molecule has 3 aromatic rings. The number of nitrogens with zero attached hydrogens (tertiary/aromatic N) is 3. The zero-order valence-corrected chi connectivity index (χ0v) is 24.9. The van der Waals surface area contributed by atoms with E-state index in [1.54, 1.807) is 18.2 Å². The number of methoxy groups -OCH3 is 1. The average molecular weight is 622 g/mol. The SMILES string of the molecule is COc1ccc(C(=O)NCCN(C)C)cc1Nc1ncc(C(F)(F)F)c(N[C@@H]2Cc3ccccc3[C@H]2NCS(C)(=O)=O)n1. The first kappa shape index (κ1) is 32.0. The zero-order chi connectivity index (χ0) is 31.4. The molecule has 232 valence electrons. The standard InChI is InChI=1S/C28H34F3N7O4S/c1-38(2)12-11-32-26(39)18-9-10-23(42-3)21(14-18)36-27-33-15-20(28(29,30)31)25(37-27)35-22-13-17-7-5-6-8-19(17)24(22)34-16-43(4,40)41/h5-10,14-15,22,24,34H,11-13,16H2,1-4H3,(H,32,39)(H2,33,35,36,37)/t22-,24-/m1/s1. The fourth-order valence-corrected chi connectivity index (χ4v) is 5.20. The molecule has 0 bridgehead atoms. The smallest absolute Gasteiger partial charge is 0.421 e. The van der Waals surface area contributed by atoms with E-state index >= 15 is 0 Å². The third kappa shape index (κ3) is 8.33. The molecule has 1 aliphatic carbocycles. The monoisotopic (exact) mass is 621 g/mol. The number of nitrogens with one attached hydrogen (secondary N) is 4. The number of ether oxygens (including phenoxy) is 1. The van der Waals surface area contributed by atoms with Crippen molar-refractivity contribution in [1.82, 2.24) is 25.5 Å². The third-order valence-corrected chi connectivity index (χ3v) is 7.46. The van der Waals surface area contributed by atoms with Gasteiger partial charge in [0.15, 0.2) is 9.84 Å². The molecular weight excluding hydrogens is 587 g/mol. The molecule has 15 heteroatoms. The first-order chi connectivity index (χ1) is 20.2. The van der Waals surface area contributed by atoms with Crippen LogP contribution in [-0.2, 0) is 22.4 Å². The Bertz CT molecular complexity index is 1570. The Balaban J connectivity index is 1.63. The van der Waals surface area contributed by atoms with Crippen LogP contribution in [0.5, 0.6) is 5.75 Å². The van der Waals surface area contributed by atoms with E-state index in [1.807, 2.05) is 37.2 Å². The molecule has 1 amide bonds. The second-order valence-electron chi connectivity index (χ2n) is 10.5. The van der Waals surface area contributed by atoms with Crippen molar-refractivity contribution in [2.24, 2.45) is 0 Å². The molecule has 43 heavy (non-hydrogen) atoms. The number of alkyl halides is 3. The van der Waals surface area contributed by atoms with Crippen LogP contribution in [0.2, 0.25) is 0 Å². The van der Waals surface area contributed by atoms with Crippen LogP contribution in [0.4, 0.5) is 30.6 Å². The van der Waals surface area contributed by atoms with E-state index in [1.165, 1.54) is 13.2 Å². The predicted molar refractivity (Wildman–Crippen MR) is 157 cm³/mol. The number of carbonyl (C=O) groups excluding carboxylic acids is 1. The van der Waals surface area contributed by atoms with E-state index in [0.29, 0.717) is 37.0 Å². The van der Waals surface area contributed by atoms with E-state index in [9.17, 15) is 26.4 Å². The summed E-state index contributed by atoms with van der Waals surface area (Å²) >= 11 is 0. The average Bonchev–Trinajstić information content (AvgIpc) is 3.27. The van der Waals surface area contributed by atoms with Crippen LogP contribution in [0.25, 0.3) is 0 Å². The minimum absolute atomic E-state index is 0.171. The minimum Gasteiger partial charge on any atom is -0.495 e. The van der Waals surface area contributed by atoms with Crippen LogP contribution in [0, 0.1) is 0 Å². The van der Waals surface area contributed by atoms with Gasteiger partial charge in [0.1, 0.15) is 17.1 Å². The molecule has 4 N–H and O–H groups in total. The first-order valence-electron chi connectivity index (χ1n) is 13.3. The van der Waals surface area contributed by atoms with Gasteiger partial charge in [-0.15, -0.1) is 0 Å². The Morgan fingerprint density at radius 3 is 2.58 bits per heavy atom. The second kappa shape index (κ2) is 13.1. The Hall–Kier alpha value is -3.95. The summed E-state index contributed by atoms with van der Waals surface area (Å²) in [6, 6.07) is 10.6. The Labute approximate surface area is 248 Å². The van der Waals surface area contributed by atoms with Crippen LogP contribution >= 0.6 is 0 Å². The Morgan fingerprint density at radius 1 is 1.16 bits per heavy atom. The number of sulfone groups is 1. The molecule has 2 atom stereocenters. The van der Waals surface area contributed by atoms with Gasteiger partial charge in [-0.1, -0.05) is 24.3 Å². The lowest BCUT2D eigenvalue weighted by molar-refractivity contribution is -0.137. The van der Waals surface area contributed by atoms with Gasteiger partial charge in [0.2, 0.25) is 5.95 Å². The number of carbonyl (C=O) groups is 1. The van der Waals surface area contributed by atoms with Crippen molar-refractivity contribution in [1.29, 1.82) is 0 Å². The van der Waals surface area contributed by atoms with Crippen molar-refractivity contribution >= 4 is 33.2 Å². The number of rotatable bonds is 12. The summed E-state index contributed by atoms with van der Waals surface area (Å²) < 4.78 is 71.3. The minimum atomic E-state index is -4.77. The molecule has 0 spiro atoms. The Morgan fingerprint density at radius 2 is 1.91 bits per heavy atom. The molecule has 4 rings (SSSR count). The quantitative estimate of drug-likeness (QED) is 0.239. The van der Waals surface area contributed by atoms with Crippen molar-refractivity contribution in [2.45, 2.75) is 24.7 Å². The van der Waals surface area contributed by atoms with Gasteiger partial charge in [-0.3, -0.25) is 10.1 Å².